The number of sulfonamides is 1. The number of nitrogens with one attached hydrogen (secondary N) is 1. The highest BCUT2D eigenvalue weighted by molar-refractivity contribution is 7.89. The Kier molecular flexibility index (Phi) is 4.89. The molecule has 0 unspecified atom stereocenters. The van der Waals surface area contributed by atoms with E-state index >= 15 is 0 Å². The Balaban J connectivity index is 2.08. The van der Waals surface area contributed by atoms with Gasteiger partial charge in [-0.3, -0.25) is 4.79 Å². The van der Waals surface area contributed by atoms with Crippen molar-refractivity contribution >= 4 is 15.9 Å². The summed E-state index contributed by atoms with van der Waals surface area (Å²) in [6.07, 6.45) is 1.77. The standard InChI is InChI=1S/C15H22N2O4S/c1-15(2,19)11-16-14(18)12-5-7-13(8-6-12)22(20,21)17-9-3-4-10-17/h5-8,19H,3-4,9-11H2,1-2H3,(H,16,18). The van der Waals surface area contributed by atoms with E-state index in [4.69, 9.17) is 0 Å². The van der Waals surface area contributed by atoms with Crippen molar-refractivity contribution < 1.29 is 18.3 Å². The SMILES string of the molecule is CC(C)(O)CNC(=O)c1ccc(S(=O)(=O)N2CCCC2)cc1. The van der Waals surface area contributed by atoms with Crippen LogP contribution in [-0.2, 0) is 10.0 Å². The van der Waals surface area contributed by atoms with Crippen molar-refractivity contribution in [2.45, 2.75) is 37.2 Å². The lowest BCUT2D eigenvalue weighted by molar-refractivity contribution is 0.0694. The Morgan fingerprint density at radius 1 is 1.23 bits per heavy atom. The Morgan fingerprint density at radius 2 is 1.77 bits per heavy atom. The van der Waals surface area contributed by atoms with Gasteiger partial charge >= 0.3 is 0 Å². The topological polar surface area (TPSA) is 86.7 Å². The number of amides is 1. The molecule has 1 aliphatic heterocycles. The Labute approximate surface area is 131 Å². The summed E-state index contributed by atoms with van der Waals surface area (Å²) in [5.41, 5.74) is -0.626. The molecule has 22 heavy (non-hydrogen) atoms. The van der Waals surface area contributed by atoms with Crippen LogP contribution in [0.25, 0.3) is 0 Å². The first kappa shape index (κ1) is 16.9. The molecule has 1 aliphatic rings. The largest absolute Gasteiger partial charge is 0.389 e. The van der Waals surface area contributed by atoms with E-state index in [0.717, 1.165) is 12.8 Å². The highest BCUT2D eigenvalue weighted by Crippen LogP contribution is 2.21. The number of hydrogen-bond donors (Lipinski definition) is 2. The summed E-state index contributed by atoms with van der Waals surface area (Å²) >= 11 is 0. The third-order valence-corrected chi connectivity index (χ3v) is 5.41. The first-order valence-corrected chi connectivity index (χ1v) is 8.75. The minimum absolute atomic E-state index is 0.125. The maximum Gasteiger partial charge on any atom is 0.251 e. The Bertz CT molecular complexity index is 627. The van der Waals surface area contributed by atoms with Gasteiger partial charge in [-0.15, -0.1) is 0 Å². The number of carbonyl (C=O) groups excluding carboxylic acids is 1. The van der Waals surface area contributed by atoms with Crippen molar-refractivity contribution in [2.75, 3.05) is 19.6 Å². The van der Waals surface area contributed by atoms with Gasteiger partial charge in [0.1, 0.15) is 0 Å². The summed E-state index contributed by atoms with van der Waals surface area (Å²) in [6.45, 7) is 4.42. The van der Waals surface area contributed by atoms with Crippen molar-refractivity contribution in [1.29, 1.82) is 0 Å². The molecule has 7 heteroatoms. The second kappa shape index (κ2) is 6.36. The number of benzene rings is 1. The Hall–Kier alpha value is -1.44. The fourth-order valence-electron chi connectivity index (χ4n) is 2.25. The number of aliphatic hydroxyl groups is 1. The van der Waals surface area contributed by atoms with Crippen LogP contribution in [-0.4, -0.2) is 49.0 Å². The van der Waals surface area contributed by atoms with Crippen LogP contribution in [0.15, 0.2) is 29.2 Å². The quantitative estimate of drug-likeness (QED) is 0.844. The summed E-state index contributed by atoms with van der Waals surface area (Å²) in [4.78, 5) is 12.1. The smallest absolute Gasteiger partial charge is 0.251 e. The van der Waals surface area contributed by atoms with Gasteiger partial charge in [0, 0.05) is 25.2 Å². The molecule has 1 aromatic carbocycles. The number of rotatable bonds is 5. The lowest BCUT2D eigenvalue weighted by atomic mass is 10.1. The van der Waals surface area contributed by atoms with E-state index in [1.807, 2.05) is 0 Å². The van der Waals surface area contributed by atoms with Gasteiger partial charge < -0.3 is 10.4 Å². The average Bonchev–Trinajstić information content (AvgIpc) is 2.99. The van der Waals surface area contributed by atoms with E-state index in [0.29, 0.717) is 18.7 Å². The summed E-state index contributed by atoms with van der Waals surface area (Å²) < 4.78 is 26.2. The zero-order valence-electron chi connectivity index (χ0n) is 12.9. The van der Waals surface area contributed by atoms with Crippen LogP contribution < -0.4 is 5.32 Å². The zero-order valence-corrected chi connectivity index (χ0v) is 13.7. The van der Waals surface area contributed by atoms with Gasteiger partial charge in [0.15, 0.2) is 0 Å². The molecule has 0 aromatic heterocycles. The molecule has 0 radical (unpaired) electrons. The van der Waals surface area contributed by atoms with Crippen molar-refractivity contribution in [3.05, 3.63) is 29.8 Å². The van der Waals surface area contributed by atoms with Gasteiger partial charge in [-0.25, -0.2) is 8.42 Å². The van der Waals surface area contributed by atoms with Gasteiger partial charge in [0.05, 0.1) is 10.5 Å². The van der Waals surface area contributed by atoms with Gasteiger partial charge in [0.25, 0.3) is 5.91 Å². The third kappa shape index (κ3) is 4.06. The molecule has 1 saturated heterocycles. The molecule has 1 amide bonds. The molecule has 6 nitrogen and oxygen atoms in total. The monoisotopic (exact) mass is 326 g/mol. The summed E-state index contributed by atoms with van der Waals surface area (Å²) in [6, 6.07) is 5.88. The van der Waals surface area contributed by atoms with E-state index in [9.17, 15) is 18.3 Å². The molecule has 122 valence electrons. The van der Waals surface area contributed by atoms with Crippen molar-refractivity contribution in [2.24, 2.45) is 0 Å². The van der Waals surface area contributed by atoms with E-state index in [1.165, 1.54) is 28.6 Å². The van der Waals surface area contributed by atoms with E-state index < -0.39 is 15.6 Å². The number of hydrogen-bond acceptors (Lipinski definition) is 4. The lowest BCUT2D eigenvalue weighted by Gasteiger charge is -2.18. The summed E-state index contributed by atoms with van der Waals surface area (Å²) in [7, 11) is -3.46. The number of carbonyl (C=O) groups is 1. The maximum atomic E-state index is 12.4. The minimum atomic E-state index is -3.46. The molecular formula is C15H22N2O4S. The molecule has 0 atom stereocenters. The first-order chi connectivity index (χ1) is 10.2. The molecule has 2 N–H and O–H groups in total. The molecule has 0 aliphatic carbocycles. The number of nitrogens with zero attached hydrogens (tertiary/aromatic N) is 1. The minimum Gasteiger partial charge on any atom is -0.389 e. The van der Waals surface area contributed by atoms with Gasteiger partial charge in [0.2, 0.25) is 10.0 Å². The van der Waals surface area contributed by atoms with Crippen LogP contribution in [0.3, 0.4) is 0 Å². The van der Waals surface area contributed by atoms with Crippen LogP contribution in [0, 0.1) is 0 Å². The second-order valence-electron chi connectivity index (χ2n) is 6.13. The van der Waals surface area contributed by atoms with Crippen LogP contribution in [0.4, 0.5) is 0 Å². The van der Waals surface area contributed by atoms with Gasteiger partial charge in [-0.2, -0.15) is 4.31 Å². The second-order valence-corrected chi connectivity index (χ2v) is 8.07. The fourth-order valence-corrected chi connectivity index (χ4v) is 3.77. The van der Waals surface area contributed by atoms with Crippen LogP contribution in [0.2, 0.25) is 0 Å². The summed E-state index contributed by atoms with van der Waals surface area (Å²) in [5.74, 6) is -0.341. The molecule has 2 rings (SSSR count). The van der Waals surface area contributed by atoms with Crippen LogP contribution >= 0.6 is 0 Å². The van der Waals surface area contributed by atoms with Gasteiger partial charge in [-0.05, 0) is 51.0 Å². The summed E-state index contributed by atoms with van der Waals surface area (Å²) in [5, 5.41) is 12.2. The molecule has 0 saturated carbocycles. The van der Waals surface area contributed by atoms with E-state index in [2.05, 4.69) is 5.32 Å². The third-order valence-electron chi connectivity index (χ3n) is 3.50. The zero-order chi connectivity index (χ0) is 16.4. The molecular weight excluding hydrogens is 304 g/mol. The molecule has 1 fully saturated rings. The predicted molar refractivity (Wildman–Crippen MR) is 83.1 cm³/mol. The fraction of sp³-hybridized carbons (Fsp3) is 0.533. The van der Waals surface area contributed by atoms with Crippen molar-refractivity contribution in [3.8, 4) is 0 Å². The maximum absolute atomic E-state index is 12.4. The van der Waals surface area contributed by atoms with Gasteiger partial charge in [-0.1, -0.05) is 0 Å². The van der Waals surface area contributed by atoms with Crippen molar-refractivity contribution in [1.82, 2.24) is 9.62 Å². The normalized spacial score (nSPS) is 16.7. The van der Waals surface area contributed by atoms with E-state index in [1.54, 1.807) is 13.8 Å². The van der Waals surface area contributed by atoms with Crippen molar-refractivity contribution in [3.63, 3.8) is 0 Å². The molecule has 0 spiro atoms. The van der Waals surface area contributed by atoms with Crippen LogP contribution in [0.1, 0.15) is 37.0 Å². The molecule has 0 bridgehead atoms. The average molecular weight is 326 g/mol. The lowest BCUT2D eigenvalue weighted by Crippen LogP contribution is -2.38. The predicted octanol–water partition coefficient (Wildman–Crippen LogP) is 0.972. The van der Waals surface area contributed by atoms with Crippen LogP contribution in [0.5, 0.6) is 0 Å². The molecule has 1 heterocycles. The Morgan fingerprint density at radius 3 is 2.27 bits per heavy atom. The first-order valence-electron chi connectivity index (χ1n) is 7.31. The van der Waals surface area contributed by atoms with E-state index in [-0.39, 0.29) is 17.3 Å². The highest BCUT2D eigenvalue weighted by atomic mass is 32.2. The highest BCUT2D eigenvalue weighted by Gasteiger charge is 2.27. The molecule has 1 aromatic rings.